The van der Waals surface area contributed by atoms with E-state index < -0.39 is 0 Å². The maximum Gasteiger partial charge on any atom is 0.168 e. The molecule has 0 aromatic heterocycles. The molecule has 138 valence electrons. The van der Waals surface area contributed by atoms with Gasteiger partial charge in [0, 0.05) is 22.1 Å². The van der Waals surface area contributed by atoms with Crippen LogP contribution in [-0.4, -0.2) is 21.3 Å². The number of methoxy groups -OCH3 is 3. The van der Waals surface area contributed by atoms with Crippen LogP contribution in [0.4, 0.5) is 0 Å². The summed E-state index contributed by atoms with van der Waals surface area (Å²) in [5.41, 5.74) is 5.21. The molecule has 3 rings (SSSR count). The van der Waals surface area contributed by atoms with Gasteiger partial charge in [0.15, 0.2) is 11.5 Å². The highest BCUT2D eigenvalue weighted by Crippen LogP contribution is 2.63. The molecule has 0 spiro atoms. The molecule has 3 heteroatoms. The van der Waals surface area contributed by atoms with Crippen molar-refractivity contribution in [2.24, 2.45) is 5.41 Å². The summed E-state index contributed by atoms with van der Waals surface area (Å²) in [6.45, 7) is 11.4. The Morgan fingerprint density at radius 1 is 0.880 bits per heavy atom. The van der Waals surface area contributed by atoms with Crippen LogP contribution in [0.1, 0.15) is 76.5 Å². The van der Waals surface area contributed by atoms with Gasteiger partial charge in [0.05, 0.1) is 21.3 Å². The van der Waals surface area contributed by atoms with Gasteiger partial charge in [-0.3, -0.25) is 0 Å². The van der Waals surface area contributed by atoms with Crippen molar-refractivity contribution in [1.29, 1.82) is 0 Å². The van der Waals surface area contributed by atoms with E-state index in [1.807, 2.05) is 0 Å². The molecule has 1 atom stereocenters. The predicted octanol–water partition coefficient (Wildman–Crippen LogP) is 5.70. The Balaban J connectivity index is 2.42. The molecule has 2 aliphatic rings. The third kappa shape index (κ3) is 2.38. The maximum absolute atomic E-state index is 5.94. The van der Waals surface area contributed by atoms with Gasteiger partial charge in [0.2, 0.25) is 0 Å². The normalized spacial score (nSPS) is 23.8. The minimum atomic E-state index is -0.0154. The molecular weight excluding hydrogens is 312 g/mol. The van der Waals surface area contributed by atoms with Crippen LogP contribution >= 0.6 is 0 Å². The fraction of sp³-hybridized carbons (Fsp3) is 0.636. The Hall–Kier alpha value is -1.64. The molecule has 2 aliphatic carbocycles. The van der Waals surface area contributed by atoms with Crippen molar-refractivity contribution in [3.8, 4) is 17.2 Å². The lowest BCUT2D eigenvalue weighted by molar-refractivity contribution is 0.258. The number of allylic oxidation sites excluding steroid dienone is 1. The fourth-order valence-electron chi connectivity index (χ4n) is 5.21. The Labute approximate surface area is 152 Å². The molecule has 0 aliphatic heterocycles. The summed E-state index contributed by atoms with van der Waals surface area (Å²) in [7, 11) is 5.25. The van der Waals surface area contributed by atoms with Crippen molar-refractivity contribution in [1.82, 2.24) is 0 Å². The minimum absolute atomic E-state index is 0.0154. The third-order valence-corrected chi connectivity index (χ3v) is 6.27. The van der Waals surface area contributed by atoms with Crippen LogP contribution in [0.2, 0.25) is 0 Å². The molecule has 0 heterocycles. The number of hydrogen-bond donors (Lipinski definition) is 0. The Kier molecular flexibility index (Phi) is 4.33. The average molecular weight is 344 g/mol. The molecule has 1 saturated carbocycles. The lowest BCUT2D eigenvalue weighted by Crippen LogP contribution is -2.35. The summed E-state index contributed by atoms with van der Waals surface area (Å²) < 4.78 is 17.7. The molecule has 0 amide bonds. The van der Waals surface area contributed by atoms with Crippen molar-refractivity contribution in [3.63, 3.8) is 0 Å². The number of rotatable bonds is 4. The lowest BCUT2D eigenvalue weighted by atomic mass is 9.60. The number of ether oxygens (including phenoxy) is 3. The summed E-state index contributed by atoms with van der Waals surface area (Å²) in [6.07, 6.45) is 5.96. The molecule has 25 heavy (non-hydrogen) atoms. The molecule has 0 radical (unpaired) electrons. The summed E-state index contributed by atoms with van der Waals surface area (Å²) in [5, 5.41) is 0. The second kappa shape index (κ2) is 5.96. The Bertz CT molecular complexity index is 728. The highest BCUT2D eigenvalue weighted by molar-refractivity contribution is 5.82. The van der Waals surface area contributed by atoms with Gasteiger partial charge in [-0.25, -0.2) is 0 Å². The summed E-state index contributed by atoms with van der Waals surface area (Å²) in [5.74, 6) is 2.94. The summed E-state index contributed by atoms with van der Waals surface area (Å²) >= 11 is 0. The lowest BCUT2D eigenvalue weighted by Gasteiger charge is -2.44. The van der Waals surface area contributed by atoms with Gasteiger partial charge >= 0.3 is 0 Å². The van der Waals surface area contributed by atoms with Gasteiger partial charge in [0.1, 0.15) is 5.75 Å². The van der Waals surface area contributed by atoms with Crippen molar-refractivity contribution in [2.75, 3.05) is 21.3 Å². The van der Waals surface area contributed by atoms with Gasteiger partial charge in [-0.2, -0.15) is 0 Å². The van der Waals surface area contributed by atoms with Gasteiger partial charge in [-0.1, -0.05) is 52.7 Å². The first-order chi connectivity index (χ1) is 11.7. The monoisotopic (exact) mass is 344 g/mol. The van der Waals surface area contributed by atoms with E-state index in [1.54, 1.807) is 21.3 Å². The first-order valence-electron chi connectivity index (χ1n) is 9.31. The maximum atomic E-state index is 5.94. The largest absolute Gasteiger partial charge is 0.496 e. The quantitative estimate of drug-likeness (QED) is 0.701. The highest BCUT2D eigenvalue weighted by atomic mass is 16.5. The molecular formula is C22H32O3. The van der Waals surface area contributed by atoms with Gasteiger partial charge in [-0.05, 0) is 24.2 Å². The van der Waals surface area contributed by atoms with E-state index in [9.17, 15) is 0 Å². The number of benzene rings is 1. The van der Waals surface area contributed by atoms with Crippen molar-refractivity contribution in [2.45, 2.75) is 65.2 Å². The minimum Gasteiger partial charge on any atom is -0.496 e. The van der Waals surface area contributed by atoms with E-state index >= 15 is 0 Å². The smallest absolute Gasteiger partial charge is 0.168 e. The zero-order valence-corrected chi connectivity index (χ0v) is 17.0. The molecule has 0 bridgehead atoms. The molecule has 0 N–H and O–H groups in total. The second-order valence-corrected chi connectivity index (χ2v) is 8.58. The zero-order valence-electron chi connectivity index (χ0n) is 17.0. The third-order valence-electron chi connectivity index (χ3n) is 6.27. The highest BCUT2D eigenvalue weighted by Gasteiger charge is 2.50. The molecule has 3 nitrogen and oxygen atoms in total. The van der Waals surface area contributed by atoms with E-state index in [0.717, 1.165) is 29.2 Å². The SMILES string of the molecule is COc1c2c(c(OC)c(OC)c1C(C)C)C1(C)CCCC(C)(C)C1=C2. The van der Waals surface area contributed by atoms with Crippen LogP contribution in [0.25, 0.3) is 6.08 Å². The molecule has 1 aromatic rings. The van der Waals surface area contributed by atoms with E-state index in [0.29, 0.717) is 0 Å². The average Bonchev–Trinajstić information content (AvgIpc) is 2.87. The predicted molar refractivity (Wildman–Crippen MR) is 103 cm³/mol. The molecule has 1 unspecified atom stereocenters. The molecule has 1 fully saturated rings. The first kappa shape index (κ1) is 18.2. The van der Waals surface area contributed by atoms with Crippen LogP contribution in [0.5, 0.6) is 17.2 Å². The van der Waals surface area contributed by atoms with Crippen molar-refractivity contribution < 1.29 is 14.2 Å². The van der Waals surface area contributed by atoms with E-state index in [2.05, 4.69) is 40.7 Å². The van der Waals surface area contributed by atoms with E-state index in [1.165, 1.54) is 29.5 Å². The van der Waals surface area contributed by atoms with Crippen LogP contribution in [0.15, 0.2) is 5.57 Å². The van der Waals surface area contributed by atoms with Crippen molar-refractivity contribution in [3.05, 3.63) is 22.3 Å². The Morgan fingerprint density at radius 3 is 2.00 bits per heavy atom. The first-order valence-corrected chi connectivity index (χ1v) is 9.31. The van der Waals surface area contributed by atoms with Crippen LogP contribution in [0, 0.1) is 5.41 Å². The fourth-order valence-corrected chi connectivity index (χ4v) is 5.21. The standard InChI is InChI=1S/C22H32O3/c1-13(2)16-18(23-6)14-12-15-21(3,4)10-9-11-22(15,5)17(14)20(25-8)19(16)24-7/h12-13H,9-11H2,1-8H3. The van der Waals surface area contributed by atoms with Gasteiger partial charge < -0.3 is 14.2 Å². The zero-order chi connectivity index (χ0) is 18.6. The van der Waals surface area contributed by atoms with Crippen LogP contribution in [0.3, 0.4) is 0 Å². The second-order valence-electron chi connectivity index (χ2n) is 8.58. The van der Waals surface area contributed by atoms with E-state index in [-0.39, 0.29) is 16.7 Å². The van der Waals surface area contributed by atoms with Crippen molar-refractivity contribution >= 4 is 6.08 Å². The van der Waals surface area contributed by atoms with E-state index in [4.69, 9.17) is 14.2 Å². The summed E-state index contributed by atoms with van der Waals surface area (Å²) in [6, 6.07) is 0. The molecule has 0 saturated heterocycles. The number of fused-ring (bicyclic) bond motifs is 3. The van der Waals surface area contributed by atoms with Crippen LogP contribution < -0.4 is 14.2 Å². The molecule has 1 aromatic carbocycles. The Morgan fingerprint density at radius 2 is 1.48 bits per heavy atom. The van der Waals surface area contributed by atoms with Gasteiger partial charge in [0.25, 0.3) is 0 Å². The number of hydrogen-bond acceptors (Lipinski definition) is 3. The van der Waals surface area contributed by atoms with Crippen LogP contribution in [-0.2, 0) is 5.41 Å². The van der Waals surface area contributed by atoms with Gasteiger partial charge in [-0.15, -0.1) is 0 Å². The topological polar surface area (TPSA) is 27.7 Å². The summed E-state index contributed by atoms with van der Waals surface area (Å²) in [4.78, 5) is 0.